The van der Waals surface area contributed by atoms with Crippen molar-refractivity contribution in [1.29, 1.82) is 0 Å². The fourth-order valence-electron chi connectivity index (χ4n) is 1.78. The third-order valence-corrected chi connectivity index (χ3v) is 2.64. The summed E-state index contributed by atoms with van der Waals surface area (Å²) in [7, 11) is 5.80. The first-order valence-corrected chi connectivity index (χ1v) is 5.51. The molecule has 5 nitrogen and oxygen atoms in total. The molecule has 5 heteroatoms. The summed E-state index contributed by atoms with van der Waals surface area (Å²) in [6.07, 6.45) is 1.86. The number of anilines is 1. The van der Waals surface area contributed by atoms with Crippen LogP contribution in [0.5, 0.6) is 0 Å². The molecule has 0 saturated carbocycles. The molecule has 90 valence electrons. The molecule has 2 heterocycles. The molecule has 0 unspecified atom stereocenters. The van der Waals surface area contributed by atoms with E-state index in [0.717, 1.165) is 28.6 Å². The van der Waals surface area contributed by atoms with E-state index in [4.69, 9.17) is 0 Å². The number of nitrogens with zero attached hydrogens (tertiary/aromatic N) is 5. The van der Waals surface area contributed by atoms with Gasteiger partial charge in [0.1, 0.15) is 0 Å². The molecule has 0 amide bonds. The van der Waals surface area contributed by atoms with Crippen molar-refractivity contribution in [2.24, 2.45) is 7.05 Å². The number of rotatable bonds is 2. The number of hydrogen-bond donors (Lipinski definition) is 0. The van der Waals surface area contributed by atoms with Crippen molar-refractivity contribution in [2.45, 2.75) is 13.8 Å². The van der Waals surface area contributed by atoms with Crippen molar-refractivity contribution in [3.8, 4) is 11.3 Å². The first-order valence-electron chi connectivity index (χ1n) is 5.51. The average Bonchev–Trinajstić information content (AvgIpc) is 2.57. The van der Waals surface area contributed by atoms with E-state index in [9.17, 15) is 0 Å². The van der Waals surface area contributed by atoms with E-state index in [1.165, 1.54) is 0 Å². The molecule has 0 aliphatic heterocycles. The molecule has 0 aliphatic rings. The molecule has 0 radical (unpaired) electrons. The summed E-state index contributed by atoms with van der Waals surface area (Å²) in [6.45, 7) is 3.97. The lowest BCUT2D eigenvalue weighted by Crippen LogP contribution is -2.13. The second kappa shape index (κ2) is 4.16. The van der Waals surface area contributed by atoms with Gasteiger partial charge in [-0.25, -0.2) is 9.97 Å². The average molecular weight is 231 g/mol. The highest BCUT2D eigenvalue weighted by Gasteiger charge is 2.11. The minimum absolute atomic E-state index is 0.727. The van der Waals surface area contributed by atoms with Gasteiger partial charge in [0.05, 0.1) is 17.1 Å². The van der Waals surface area contributed by atoms with Gasteiger partial charge in [-0.1, -0.05) is 0 Å². The van der Waals surface area contributed by atoms with Crippen LogP contribution in [-0.2, 0) is 7.05 Å². The van der Waals surface area contributed by atoms with Crippen LogP contribution >= 0.6 is 0 Å². The van der Waals surface area contributed by atoms with Crippen LogP contribution in [0.1, 0.15) is 11.4 Å². The Balaban J connectivity index is 2.50. The Morgan fingerprint density at radius 2 is 1.94 bits per heavy atom. The smallest absolute Gasteiger partial charge is 0.225 e. The SMILES string of the molecule is Cc1cc(-c2cnc(N(C)C)nc2C)n(C)n1. The maximum Gasteiger partial charge on any atom is 0.225 e. The van der Waals surface area contributed by atoms with Crippen LogP contribution < -0.4 is 4.90 Å². The molecular formula is C12H17N5. The molecule has 17 heavy (non-hydrogen) atoms. The van der Waals surface area contributed by atoms with Crippen molar-refractivity contribution in [1.82, 2.24) is 19.7 Å². The monoisotopic (exact) mass is 231 g/mol. The third-order valence-electron chi connectivity index (χ3n) is 2.64. The molecule has 0 aliphatic carbocycles. The summed E-state index contributed by atoms with van der Waals surface area (Å²) in [5.41, 5.74) is 4.04. The van der Waals surface area contributed by atoms with Gasteiger partial charge in [-0.15, -0.1) is 0 Å². The molecule has 0 bridgehead atoms. The standard InChI is InChI=1S/C12H17N5/c1-8-6-11(17(5)15-8)10-7-13-12(16(3)4)14-9(10)2/h6-7H,1-5H3. The van der Waals surface area contributed by atoms with E-state index >= 15 is 0 Å². The summed E-state index contributed by atoms with van der Waals surface area (Å²) < 4.78 is 1.86. The fraction of sp³-hybridized carbons (Fsp3) is 0.417. The van der Waals surface area contributed by atoms with Crippen LogP contribution in [0.15, 0.2) is 12.3 Å². The van der Waals surface area contributed by atoms with E-state index in [0.29, 0.717) is 0 Å². The Labute approximate surface area is 101 Å². The van der Waals surface area contributed by atoms with E-state index in [-0.39, 0.29) is 0 Å². The molecule has 0 saturated heterocycles. The van der Waals surface area contributed by atoms with E-state index < -0.39 is 0 Å². The zero-order chi connectivity index (χ0) is 12.6. The van der Waals surface area contributed by atoms with Crippen LogP contribution in [0, 0.1) is 13.8 Å². The highest BCUT2D eigenvalue weighted by Crippen LogP contribution is 2.22. The van der Waals surface area contributed by atoms with Crippen LogP contribution in [0.2, 0.25) is 0 Å². The van der Waals surface area contributed by atoms with Gasteiger partial charge in [0.25, 0.3) is 0 Å². The minimum atomic E-state index is 0.727. The number of aromatic nitrogens is 4. The zero-order valence-electron chi connectivity index (χ0n) is 10.9. The highest BCUT2D eigenvalue weighted by atomic mass is 15.3. The largest absolute Gasteiger partial charge is 0.347 e. The van der Waals surface area contributed by atoms with Gasteiger partial charge in [-0.3, -0.25) is 4.68 Å². The third kappa shape index (κ3) is 2.13. The molecule has 0 spiro atoms. The minimum Gasteiger partial charge on any atom is -0.347 e. The summed E-state index contributed by atoms with van der Waals surface area (Å²) >= 11 is 0. The lowest BCUT2D eigenvalue weighted by Gasteiger charge is -2.12. The van der Waals surface area contributed by atoms with Gasteiger partial charge in [0.2, 0.25) is 5.95 Å². The van der Waals surface area contributed by atoms with Gasteiger partial charge in [-0.05, 0) is 19.9 Å². The van der Waals surface area contributed by atoms with Gasteiger partial charge in [-0.2, -0.15) is 5.10 Å². The maximum atomic E-state index is 4.47. The highest BCUT2D eigenvalue weighted by molar-refractivity contribution is 5.62. The molecule has 0 N–H and O–H groups in total. The van der Waals surface area contributed by atoms with Crippen molar-refractivity contribution < 1.29 is 0 Å². The van der Waals surface area contributed by atoms with E-state index in [1.807, 2.05) is 56.8 Å². The van der Waals surface area contributed by atoms with Crippen molar-refractivity contribution in [2.75, 3.05) is 19.0 Å². The molecule has 2 aromatic rings. The van der Waals surface area contributed by atoms with Crippen LogP contribution in [0.3, 0.4) is 0 Å². The van der Waals surface area contributed by atoms with Crippen LogP contribution in [-0.4, -0.2) is 33.8 Å². The zero-order valence-corrected chi connectivity index (χ0v) is 10.9. The van der Waals surface area contributed by atoms with Crippen LogP contribution in [0.4, 0.5) is 5.95 Å². The Kier molecular flexibility index (Phi) is 2.83. The topological polar surface area (TPSA) is 46.8 Å². The lowest BCUT2D eigenvalue weighted by atomic mass is 10.1. The molecule has 0 aromatic carbocycles. The van der Waals surface area contributed by atoms with Gasteiger partial charge in [0, 0.05) is 32.9 Å². The van der Waals surface area contributed by atoms with Crippen LogP contribution in [0.25, 0.3) is 11.3 Å². The predicted octanol–water partition coefficient (Wildman–Crippen LogP) is 1.56. The van der Waals surface area contributed by atoms with Crippen molar-refractivity contribution in [3.63, 3.8) is 0 Å². The Bertz CT molecular complexity index is 542. The number of hydrogen-bond acceptors (Lipinski definition) is 4. The first-order chi connectivity index (χ1) is 7.99. The second-order valence-corrected chi connectivity index (χ2v) is 4.36. The molecule has 0 fully saturated rings. The lowest BCUT2D eigenvalue weighted by molar-refractivity contribution is 0.762. The fourth-order valence-corrected chi connectivity index (χ4v) is 1.78. The summed E-state index contributed by atoms with van der Waals surface area (Å²) in [4.78, 5) is 10.7. The Morgan fingerprint density at radius 1 is 1.24 bits per heavy atom. The quantitative estimate of drug-likeness (QED) is 0.787. The molecule has 2 aromatic heterocycles. The van der Waals surface area contributed by atoms with Gasteiger partial charge in [0.15, 0.2) is 0 Å². The van der Waals surface area contributed by atoms with Gasteiger partial charge >= 0.3 is 0 Å². The Morgan fingerprint density at radius 3 is 2.41 bits per heavy atom. The maximum absolute atomic E-state index is 4.47. The summed E-state index contributed by atoms with van der Waals surface area (Å²) in [5.74, 6) is 0.727. The summed E-state index contributed by atoms with van der Waals surface area (Å²) in [5, 5.41) is 4.34. The summed E-state index contributed by atoms with van der Waals surface area (Å²) in [6, 6.07) is 2.04. The number of aryl methyl sites for hydroxylation is 3. The van der Waals surface area contributed by atoms with E-state index in [1.54, 1.807) is 0 Å². The van der Waals surface area contributed by atoms with Crippen molar-refractivity contribution in [3.05, 3.63) is 23.7 Å². The molecular weight excluding hydrogens is 214 g/mol. The van der Waals surface area contributed by atoms with Gasteiger partial charge < -0.3 is 4.90 Å². The first kappa shape index (κ1) is 11.6. The Hall–Kier alpha value is -1.91. The predicted molar refractivity (Wildman–Crippen MR) is 68.0 cm³/mol. The normalized spacial score (nSPS) is 10.6. The molecule has 0 atom stereocenters. The molecule has 2 rings (SSSR count). The van der Waals surface area contributed by atoms with Crippen molar-refractivity contribution >= 4 is 5.95 Å². The van der Waals surface area contributed by atoms with E-state index in [2.05, 4.69) is 15.1 Å². The second-order valence-electron chi connectivity index (χ2n) is 4.36.